The van der Waals surface area contributed by atoms with Gasteiger partial charge in [0.1, 0.15) is 5.75 Å². The van der Waals surface area contributed by atoms with Crippen LogP contribution in [0.15, 0.2) is 42.5 Å². The second kappa shape index (κ2) is 6.87. The van der Waals surface area contributed by atoms with E-state index in [0.717, 1.165) is 23.4 Å². The fourth-order valence-corrected chi connectivity index (χ4v) is 2.47. The highest BCUT2D eigenvalue weighted by atomic mass is 35.5. The quantitative estimate of drug-likeness (QED) is 0.835. The number of para-hydroxylation sites is 1. The molecule has 2 nitrogen and oxygen atoms in total. The first-order valence-corrected chi connectivity index (χ1v) is 7.19. The van der Waals surface area contributed by atoms with Crippen molar-refractivity contribution in [3.05, 3.63) is 58.1 Å². The van der Waals surface area contributed by atoms with Crippen molar-refractivity contribution in [2.24, 2.45) is 0 Å². The smallest absolute Gasteiger partial charge is 0.122 e. The summed E-state index contributed by atoms with van der Waals surface area (Å²) < 4.78 is 5.36. The molecule has 0 bridgehead atoms. The minimum absolute atomic E-state index is 0.210. The highest BCUT2D eigenvalue weighted by Crippen LogP contribution is 2.27. The number of ether oxygens (including phenoxy) is 1. The Kier molecular flexibility index (Phi) is 5.16. The molecule has 0 spiro atoms. The summed E-state index contributed by atoms with van der Waals surface area (Å²) in [7, 11) is 1.69. The van der Waals surface area contributed by atoms with Gasteiger partial charge in [0.05, 0.1) is 17.8 Å². The van der Waals surface area contributed by atoms with E-state index in [1.807, 2.05) is 24.3 Å². The molecule has 0 fully saturated rings. The maximum atomic E-state index is 6.16. The molecular weight excluding hydrogens is 293 g/mol. The number of nitrogens with one attached hydrogen (secondary N) is 1. The van der Waals surface area contributed by atoms with Crippen LogP contribution in [0.25, 0.3) is 0 Å². The lowest BCUT2D eigenvalue weighted by Crippen LogP contribution is -2.18. The topological polar surface area (TPSA) is 21.3 Å². The predicted molar refractivity (Wildman–Crippen MR) is 86.2 cm³/mol. The highest BCUT2D eigenvalue weighted by molar-refractivity contribution is 6.35. The molecule has 1 N–H and O–H groups in total. The van der Waals surface area contributed by atoms with Gasteiger partial charge in [0, 0.05) is 11.1 Å². The zero-order valence-corrected chi connectivity index (χ0v) is 13.0. The Balaban J connectivity index is 2.09. The zero-order chi connectivity index (χ0) is 14.5. The van der Waals surface area contributed by atoms with Crippen molar-refractivity contribution < 1.29 is 4.74 Å². The monoisotopic (exact) mass is 309 g/mol. The van der Waals surface area contributed by atoms with E-state index in [2.05, 4.69) is 18.3 Å². The number of rotatable bonds is 5. The van der Waals surface area contributed by atoms with Gasteiger partial charge in [0.2, 0.25) is 0 Å². The van der Waals surface area contributed by atoms with Crippen molar-refractivity contribution in [3.8, 4) is 5.75 Å². The van der Waals surface area contributed by atoms with E-state index >= 15 is 0 Å². The van der Waals surface area contributed by atoms with Gasteiger partial charge in [0.15, 0.2) is 0 Å². The third-order valence-electron chi connectivity index (χ3n) is 3.05. The molecule has 0 saturated heterocycles. The fourth-order valence-electron chi connectivity index (χ4n) is 2.13. The van der Waals surface area contributed by atoms with Crippen molar-refractivity contribution in [2.75, 3.05) is 12.4 Å². The number of hydrogen-bond acceptors (Lipinski definition) is 2. The van der Waals surface area contributed by atoms with Crippen LogP contribution in [0.4, 0.5) is 5.69 Å². The molecule has 0 heterocycles. The van der Waals surface area contributed by atoms with Crippen LogP contribution in [0.2, 0.25) is 10.0 Å². The number of benzene rings is 2. The van der Waals surface area contributed by atoms with Gasteiger partial charge >= 0.3 is 0 Å². The average molecular weight is 310 g/mol. The lowest BCUT2D eigenvalue weighted by Gasteiger charge is -2.18. The Hall–Kier alpha value is -1.38. The lowest BCUT2D eigenvalue weighted by atomic mass is 10.1. The standard InChI is InChI=1S/C16H17Cl2NO/c1-11(9-12-5-3-4-6-16(12)20-2)19-15-10-13(17)7-8-14(15)18/h3-8,10-11,19H,9H2,1-2H3. The summed E-state index contributed by atoms with van der Waals surface area (Å²) in [4.78, 5) is 0. The van der Waals surface area contributed by atoms with Gasteiger partial charge < -0.3 is 10.1 Å². The molecule has 4 heteroatoms. The van der Waals surface area contributed by atoms with Crippen LogP contribution >= 0.6 is 23.2 Å². The summed E-state index contributed by atoms with van der Waals surface area (Å²) in [5, 5.41) is 4.71. The van der Waals surface area contributed by atoms with Crippen LogP contribution in [-0.4, -0.2) is 13.2 Å². The van der Waals surface area contributed by atoms with Crippen LogP contribution in [-0.2, 0) is 6.42 Å². The largest absolute Gasteiger partial charge is 0.496 e. The Morgan fingerprint density at radius 2 is 1.90 bits per heavy atom. The Morgan fingerprint density at radius 1 is 1.15 bits per heavy atom. The van der Waals surface area contributed by atoms with E-state index in [1.54, 1.807) is 19.2 Å². The van der Waals surface area contributed by atoms with Gasteiger partial charge in [-0.3, -0.25) is 0 Å². The highest BCUT2D eigenvalue weighted by Gasteiger charge is 2.10. The second-order valence-corrected chi connectivity index (χ2v) is 5.53. The third-order valence-corrected chi connectivity index (χ3v) is 3.61. The first-order chi connectivity index (χ1) is 9.60. The molecule has 0 aliphatic carbocycles. The molecule has 2 aromatic rings. The zero-order valence-electron chi connectivity index (χ0n) is 11.5. The second-order valence-electron chi connectivity index (χ2n) is 4.69. The van der Waals surface area contributed by atoms with Crippen molar-refractivity contribution in [2.45, 2.75) is 19.4 Å². The molecule has 1 atom stereocenters. The fraction of sp³-hybridized carbons (Fsp3) is 0.250. The van der Waals surface area contributed by atoms with Crippen LogP contribution in [0.1, 0.15) is 12.5 Å². The predicted octanol–water partition coefficient (Wildman–Crippen LogP) is 5.05. The normalized spacial score (nSPS) is 12.0. The van der Waals surface area contributed by atoms with Crippen molar-refractivity contribution >= 4 is 28.9 Å². The van der Waals surface area contributed by atoms with Crippen LogP contribution < -0.4 is 10.1 Å². The molecule has 20 heavy (non-hydrogen) atoms. The maximum Gasteiger partial charge on any atom is 0.122 e. The summed E-state index contributed by atoms with van der Waals surface area (Å²) in [6, 6.07) is 13.6. The number of halogens is 2. The van der Waals surface area contributed by atoms with Crippen molar-refractivity contribution in [1.82, 2.24) is 0 Å². The molecule has 0 aromatic heterocycles. The Labute approximate surface area is 129 Å². The van der Waals surface area contributed by atoms with Crippen molar-refractivity contribution in [1.29, 1.82) is 0 Å². The summed E-state index contributed by atoms with van der Waals surface area (Å²) in [5.74, 6) is 0.901. The van der Waals surface area contributed by atoms with Gasteiger partial charge in [-0.2, -0.15) is 0 Å². The Morgan fingerprint density at radius 3 is 2.65 bits per heavy atom. The molecular formula is C16H17Cl2NO. The number of methoxy groups -OCH3 is 1. The number of hydrogen-bond donors (Lipinski definition) is 1. The first-order valence-electron chi connectivity index (χ1n) is 6.43. The van der Waals surface area contributed by atoms with Gasteiger partial charge in [-0.05, 0) is 43.2 Å². The van der Waals surface area contributed by atoms with E-state index in [4.69, 9.17) is 27.9 Å². The van der Waals surface area contributed by atoms with Gasteiger partial charge in [-0.1, -0.05) is 41.4 Å². The van der Waals surface area contributed by atoms with Crippen molar-refractivity contribution in [3.63, 3.8) is 0 Å². The van der Waals surface area contributed by atoms with E-state index < -0.39 is 0 Å². The Bertz CT molecular complexity index is 586. The summed E-state index contributed by atoms with van der Waals surface area (Å²) >= 11 is 12.1. The van der Waals surface area contributed by atoms with Crippen LogP contribution in [0, 0.1) is 0 Å². The summed E-state index contributed by atoms with van der Waals surface area (Å²) in [5.41, 5.74) is 2.01. The van der Waals surface area contributed by atoms with E-state index in [0.29, 0.717) is 10.0 Å². The molecule has 0 saturated carbocycles. The molecule has 0 aliphatic rings. The van der Waals surface area contributed by atoms with Crippen LogP contribution in [0.3, 0.4) is 0 Å². The average Bonchev–Trinajstić information content (AvgIpc) is 2.43. The minimum Gasteiger partial charge on any atom is -0.496 e. The minimum atomic E-state index is 0.210. The maximum absolute atomic E-state index is 6.16. The summed E-state index contributed by atoms with van der Waals surface area (Å²) in [6.45, 7) is 2.10. The lowest BCUT2D eigenvalue weighted by molar-refractivity contribution is 0.409. The third kappa shape index (κ3) is 3.81. The van der Waals surface area contributed by atoms with E-state index in [-0.39, 0.29) is 6.04 Å². The van der Waals surface area contributed by atoms with E-state index in [9.17, 15) is 0 Å². The molecule has 106 valence electrons. The van der Waals surface area contributed by atoms with Crippen LogP contribution in [0.5, 0.6) is 5.75 Å². The van der Waals surface area contributed by atoms with Gasteiger partial charge in [-0.25, -0.2) is 0 Å². The first kappa shape index (κ1) is 15.0. The molecule has 0 radical (unpaired) electrons. The summed E-state index contributed by atoms with van der Waals surface area (Å²) in [6.07, 6.45) is 0.840. The SMILES string of the molecule is COc1ccccc1CC(C)Nc1cc(Cl)ccc1Cl. The molecule has 0 amide bonds. The molecule has 2 aromatic carbocycles. The molecule has 0 aliphatic heterocycles. The van der Waals surface area contributed by atoms with Gasteiger partial charge in [-0.15, -0.1) is 0 Å². The molecule has 1 unspecified atom stereocenters. The van der Waals surface area contributed by atoms with Gasteiger partial charge in [0.25, 0.3) is 0 Å². The van der Waals surface area contributed by atoms with E-state index in [1.165, 1.54) is 0 Å². The number of anilines is 1. The molecule has 2 rings (SSSR count).